The summed E-state index contributed by atoms with van der Waals surface area (Å²) in [5.41, 5.74) is 0.0222. The summed E-state index contributed by atoms with van der Waals surface area (Å²) < 4.78 is 35.2. The van der Waals surface area contributed by atoms with E-state index in [9.17, 15) is 22.8 Å². The van der Waals surface area contributed by atoms with E-state index >= 15 is 0 Å². The number of hydrogen-bond donors (Lipinski definition) is 1. The summed E-state index contributed by atoms with van der Waals surface area (Å²) in [6, 6.07) is -0.891. The van der Waals surface area contributed by atoms with Crippen LogP contribution in [0.15, 0.2) is 4.79 Å². The Labute approximate surface area is 177 Å². The fraction of sp³-hybridized carbons (Fsp3) is 0.556. The number of carbonyl (C=O) groups is 2. The number of nitrogens with zero attached hydrogens (tertiary/aromatic N) is 2. The van der Waals surface area contributed by atoms with Gasteiger partial charge in [-0.2, -0.15) is 4.31 Å². The average Bonchev–Trinajstić information content (AvgIpc) is 3.27. The quantitative estimate of drug-likeness (QED) is 0.645. The molecule has 2 aromatic heterocycles. The van der Waals surface area contributed by atoms with Crippen LogP contribution >= 0.6 is 11.3 Å². The molecule has 2 atom stereocenters. The molecule has 0 aromatic carbocycles. The number of H-pyrrole nitrogens is 1. The molecule has 164 valence electrons. The number of hydrogen-bond acceptors (Lipinski definition) is 9. The van der Waals surface area contributed by atoms with Gasteiger partial charge in [0.1, 0.15) is 15.7 Å². The van der Waals surface area contributed by atoms with E-state index < -0.39 is 39.7 Å². The van der Waals surface area contributed by atoms with Gasteiger partial charge < -0.3 is 14.5 Å². The molecule has 3 heterocycles. The Bertz CT molecular complexity index is 1150. The number of nitrogens with one attached hydrogen (secondary N) is 1. The second-order valence-electron chi connectivity index (χ2n) is 7.02. The fourth-order valence-corrected chi connectivity index (χ4v) is 5.62. The summed E-state index contributed by atoms with van der Waals surface area (Å²) >= 11 is 1.03. The highest BCUT2D eigenvalue weighted by Crippen LogP contribution is 2.29. The number of aryl methyl sites for hydroxylation is 1. The Morgan fingerprint density at radius 2 is 2.10 bits per heavy atom. The Morgan fingerprint density at radius 1 is 1.40 bits per heavy atom. The minimum atomic E-state index is -3.53. The highest BCUT2D eigenvalue weighted by atomic mass is 32.2. The van der Waals surface area contributed by atoms with Crippen LogP contribution in [-0.2, 0) is 24.3 Å². The summed E-state index contributed by atoms with van der Waals surface area (Å²) in [7, 11) is -3.53. The fourth-order valence-electron chi connectivity index (χ4n) is 3.43. The van der Waals surface area contributed by atoms with Gasteiger partial charge in [0, 0.05) is 6.54 Å². The molecule has 1 aliphatic heterocycles. The van der Waals surface area contributed by atoms with Crippen molar-refractivity contribution in [2.24, 2.45) is 0 Å². The van der Waals surface area contributed by atoms with Crippen LogP contribution in [-0.4, -0.2) is 60.1 Å². The molecule has 1 fully saturated rings. The second-order valence-corrected chi connectivity index (χ2v) is 9.95. The van der Waals surface area contributed by atoms with Crippen LogP contribution in [0.3, 0.4) is 0 Å². The van der Waals surface area contributed by atoms with E-state index in [4.69, 9.17) is 9.47 Å². The minimum absolute atomic E-state index is 0.112. The van der Waals surface area contributed by atoms with Crippen molar-refractivity contribution in [3.05, 3.63) is 26.6 Å². The van der Waals surface area contributed by atoms with E-state index in [0.717, 1.165) is 21.9 Å². The van der Waals surface area contributed by atoms with Gasteiger partial charge in [0.15, 0.2) is 11.9 Å². The molecule has 0 spiro atoms. The molecule has 0 saturated carbocycles. The predicted octanol–water partition coefficient (Wildman–Crippen LogP) is 1.50. The first-order valence-electron chi connectivity index (χ1n) is 9.42. The van der Waals surface area contributed by atoms with Crippen molar-refractivity contribution in [3.63, 3.8) is 0 Å². The molecule has 2 aromatic rings. The number of sulfonamides is 1. The first-order chi connectivity index (χ1) is 14.0. The minimum Gasteiger partial charge on any atom is -0.462 e. The SMILES string of the molecule is CCOC(=O)c1sc2nc([C@@H](C)OC(=O)[C@@H]3CCCN3S(C)(=O)=O)[nH]c(=O)c2c1C. The van der Waals surface area contributed by atoms with Crippen molar-refractivity contribution in [3.8, 4) is 0 Å². The maximum absolute atomic E-state index is 12.6. The van der Waals surface area contributed by atoms with E-state index in [0.29, 0.717) is 28.1 Å². The standard InChI is InChI=1S/C18H23N3O7S2/c1-5-27-18(24)13-9(2)12-15(22)19-14(20-16(12)29-13)10(3)28-17(23)11-7-6-8-21(11)30(4,25)26/h10-11H,5-8H2,1-4H3,(H,19,20,22)/t10-,11+/m1/s1. The predicted molar refractivity (Wildman–Crippen MR) is 110 cm³/mol. The Morgan fingerprint density at radius 3 is 2.73 bits per heavy atom. The van der Waals surface area contributed by atoms with E-state index in [2.05, 4.69) is 9.97 Å². The number of rotatable bonds is 6. The van der Waals surface area contributed by atoms with Gasteiger partial charge in [-0.15, -0.1) is 11.3 Å². The number of thiophene rings is 1. The third kappa shape index (κ3) is 4.25. The smallest absolute Gasteiger partial charge is 0.348 e. The van der Waals surface area contributed by atoms with Gasteiger partial charge in [-0.3, -0.25) is 9.59 Å². The number of carbonyl (C=O) groups excluding carboxylic acids is 2. The van der Waals surface area contributed by atoms with Crippen LogP contribution in [0.1, 0.15) is 53.9 Å². The highest BCUT2D eigenvalue weighted by Gasteiger charge is 2.38. The zero-order valence-corrected chi connectivity index (χ0v) is 18.7. The first-order valence-corrected chi connectivity index (χ1v) is 12.1. The van der Waals surface area contributed by atoms with Crippen molar-refractivity contribution in [1.29, 1.82) is 0 Å². The van der Waals surface area contributed by atoms with Gasteiger partial charge in [-0.25, -0.2) is 18.2 Å². The molecule has 0 amide bonds. The lowest BCUT2D eigenvalue weighted by Crippen LogP contribution is -2.41. The van der Waals surface area contributed by atoms with Crippen molar-refractivity contribution in [2.75, 3.05) is 19.4 Å². The molecule has 0 radical (unpaired) electrons. The number of aromatic nitrogens is 2. The van der Waals surface area contributed by atoms with Gasteiger partial charge in [0.25, 0.3) is 5.56 Å². The van der Waals surface area contributed by atoms with E-state index in [1.54, 1.807) is 13.8 Å². The lowest BCUT2D eigenvalue weighted by Gasteiger charge is -2.22. The van der Waals surface area contributed by atoms with Crippen molar-refractivity contribution in [2.45, 2.75) is 45.8 Å². The number of ether oxygens (including phenoxy) is 2. The normalized spacial score (nSPS) is 18.5. The molecule has 3 rings (SSSR count). The Kier molecular flexibility index (Phi) is 6.29. The summed E-state index contributed by atoms with van der Waals surface area (Å²) in [5, 5.41) is 0.282. The average molecular weight is 458 g/mol. The maximum atomic E-state index is 12.6. The van der Waals surface area contributed by atoms with Crippen molar-refractivity contribution >= 4 is 43.5 Å². The molecule has 12 heteroatoms. The third-order valence-corrected chi connectivity index (χ3v) is 7.31. The summed E-state index contributed by atoms with van der Waals surface area (Å²) in [6.45, 7) is 5.34. The number of aromatic amines is 1. The second kappa shape index (κ2) is 8.44. The zero-order chi connectivity index (χ0) is 22.2. The molecular formula is C18H23N3O7S2. The van der Waals surface area contributed by atoms with Crippen molar-refractivity contribution in [1.82, 2.24) is 14.3 Å². The van der Waals surface area contributed by atoms with E-state index in [-0.39, 0.29) is 24.4 Å². The van der Waals surface area contributed by atoms with Crippen LogP contribution in [0.5, 0.6) is 0 Å². The maximum Gasteiger partial charge on any atom is 0.348 e. The monoisotopic (exact) mass is 457 g/mol. The van der Waals surface area contributed by atoms with Crippen LogP contribution in [0.2, 0.25) is 0 Å². The molecule has 1 saturated heterocycles. The zero-order valence-electron chi connectivity index (χ0n) is 17.1. The topological polar surface area (TPSA) is 136 Å². The van der Waals surface area contributed by atoms with Crippen LogP contribution in [0.4, 0.5) is 0 Å². The molecule has 30 heavy (non-hydrogen) atoms. The summed E-state index contributed by atoms with van der Waals surface area (Å²) in [4.78, 5) is 44.8. The van der Waals surface area contributed by atoms with Crippen LogP contribution in [0.25, 0.3) is 10.2 Å². The lowest BCUT2D eigenvalue weighted by molar-refractivity contribution is -0.152. The number of fused-ring (bicyclic) bond motifs is 1. The van der Waals surface area contributed by atoms with Gasteiger partial charge in [0.2, 0.25) is 10.0 Å². The summed E-state index contributed by atoms with van der Waals surface area (Å²) in [6.07, 6.45) is 1.07. The number of esters is 2. The molecular weight excluding hydrogens is 434 g/mol. The third-order valence-electron chi connectivity index (χ3n) is 4.86. The molecule has 1 aliphatic rings. The van der Waals surface area contributed by atoms with E-state index in [1.807, 2.05) is 0 Å². The lowest BCUT2D eigenvalue weighted by atomic mass is 10.2. The molecule has 1 N–H and O–H groups in total. The van der Waals surface area contributed by atoms with Gasteiger partial charge in [-0.05, 0) is 39.2 Å². The highest BCUT2D eigenvalue weighted by molar-refractivity contribution is 7.88. The largest absolute Gasteiger partial charge is 0.462 e. The molecule has 0 aliphatic carbocycles. The van der Waals surface area contributed by atoms with Crippen LogP contribution < -0.4 is 5.56 Å². The Balaban J connectivity index is 1.87. The molecule has 10 nitrogen and oxygen atoms in total. The van der Waals surface area contributed by atoms with Crippen molar-refractivity contribution < 1.29 is 27.5 Å². The summed E-state index contributed by atoms with van der Waals surface area (Å²) in [5.74, 6) is -1.11. The molecule has 0 bridgehead atoms. The van der Waals surface area contributed by atoms with Gasteiger partial charge >= 0.3 is 11.9 Å². The molecule has 0 unspecified atom stereocenters. The van der Waals surface area contributed by atoms with Gasteiger partial charge in [0.05, 0.1) is 18.2 Å². The van der Waals surface area contributed by atoms with Gasteiger partial charge in [-0.1, -0.05) is 0 Å². The van der Waals surface area contributed by atoms with E-state index in [1.165, 1.54) is 6.92 Å². The first kappa shape index (κ1) is 22.4. The van der Waals surface area contributed by atoms with Crippen LogP contribution in [0, 0.1) is 6.92 Å². The Hall–Kier alpha value is -2.31.